The number of carbonyl (C=O) groups is 1. The highest BCUT2D eigenvalue weighted by Crippen LogP contribution is 2.34. The summed E-state index contributed by atoms with van der Waals surface area (Å²) in [6.07, 6.45) is 7.87. The van der Waals surface area contributed by atoms with Crippen molar-refractivity contribution in [2.45, 2.75) is 38.5 Å². The minimum Gasteiger partial charge on any atom is -0.493 e. The molecule has 0 bridgehead atoms. The Balaban J connectivity index is 1.83. The Bertz CT molecular complexity index is 546. The van der Waals surface area contributed by atoms with Crippen LogP contribution in [-0.2, 0) is 17.6 Å². The van der Waals surface area contributed by atoms with Crippen molar-refractivity contribution < 1.29 is 9.53 Å². The van der Waals surface area contributed by atoms with E-state index in [2.05, 4.69) is 28.1 Å². The molecular formula is C16H17BrO2. The van der Waals surface area contributed by atoms with Gasteiger partial charge in [-0.15, -0.1) is 0 Å². The molecule has 0 amide bonds. The first-order valence-electron chi connectivity index (χ1n) is 6.90. The maximum absolute atomic E-state index is 12.3. The zero-order valence-electron chi connectivity index (χ0n) is 10.9. The van der Waals surface area contributed by atoms with E-state index in [1.165, 1.54) is 12.0 Å². The summed E-state index contributed by atoms with van der Waals surface area (Å²) in [5.41, 5.74) is 3.26. The van der Waals surface area contributed by atoms with Crippen LogP contribution in [0.3, 0.4) is 0 Å². The van der Waals surface area contributed by atoms with E-state index in [9.17, 15) is 4.79 Å². The van der Waals surface area contributed by atoms with E-state index in [1.807, 2.05) is 6.07 Å². The molecule has 0 aromatic heterocycles. The number of carbonyl (C=O) groups excluding carboxylic acids is 1. The van der Waals surface area contributed by atoms with Gasteiger partial charge in [-0.3, -0.25) is 4.79 Å². The molecule has 1 heterocycles. The van der Waals surface area contributed by atoms with Crippen LogP contribution in [0.25, 0.3) is 0 Å². The molecule has 2 nitrogen and oxygen atoms in total. The van der Waals surface area contributed by atoms with Crippen LogP contribution in [0.4, 0.5) is 0 Å². The van der Waals surface area contributed by atoms with Crippen molar-refractivity contribution in [3.8, 4) is 5.75 Å². The summed E-state index contributed by atoms with van der Waals surface area (Å²) in [6, 6.07) is 4.11. The number of fused-ring (bicyclic) bond motifs is 1. The Labute approximate surface area is 122 Å². The number of ketones is 1. The molecule has 1 aliphatic heterocycles. The molecule has 3 rings (SSSR count). The average molecular weight is 321 g/mol. The molecule has 0 radical (unpaired) electrons. The lowest BCUT2D eigenvalue weighted by Crippen LogP contribution is -2.09. The fourth-order valence-electron chi connectivity index (χ4n) is 2.86. The van der Waals surface area contributed by atoms with Gasteiger partial charge in [0.25, 0.3) is 0 Å². The molecule has 0 saturated carbocycles. The Morgan fingerprint density at radius 3 is 2.95 bits per heavy atom. The smallest absolute Gasteiger partial charge is 0.163 e. The molecule has 0 N–H and O–H groups in total. The predicted molar refractivity (Wildman–Crippen MR) is 78.6 cm³/mol. The standard InChI is InChI=1S/C16H17BrO2/c17-14-8-12-6-7-19-16(12)13(9-14)10-15(18)11-4-2-1-3-5-11/h4,8-9H,1-3,5-7,10H2. The summed E-state index contributed by atoms with van der Waals surface area (Å²) in [5.74, 6) is 1.20. The third-order valence-electron chi connectivity index (χ3n) is 3.83. The number of hydrogen-bond acceptors (Lipinski definition) is 2. The highest BCUT2D eigenvalue weighted by Gasteiger charge is 2.20. The highest BCUT2D eigenvalue weighted by atomic mass is 79.9. The third kappa shape index (κ3) is 2.76. The summed E-state index contributed by atoms with van der Waals surface area (Å²) < 4.78 is 6.72. The van der Waals surface area contributed by atoms with Gasteiger partial charge in [-0.05, 0) is 49.0 Å². The lowest BCUT2D eigenvalue weighted by Gasteiger charge is -2.13. The van der Waals surface area contributed by atoms with Crippen molar-refractivity contribution in [2.75, 3.05) is 6.61 Å². The third-order valence-corrected chi connectivity index (χ3v) is 4.28. The molecule has 100 valence electrons. The molecule has 0 saturated heterocycles. The van der Waals surface area contributed by atoms with E-state index in [0.29, 0.717) is 6.42 Å². The molecule has 0 fully saturated rings. The molecular weight excluding hydrogens is 304 g/mol. The molecule has 1 aromatic rings. The molecule has 0 unspecified atom stereocenters. The Morgan fingerprint density at radius 2 is 2.16 bits per heavy atom. The number of rotatable bonds is 3. The second-order valence-corrected chi connectivity index (χ2v) is 6.14. The number of halogens is 1. The molecule has 1 aliphatic carbocycles. The molecule has 0 spiro atoms. The first kappa shape index (κ1) is 12.9. The lowest BCUT2D eigenvalue weighted by atomic mass is 9.92. The second-order valence-electron chi connectivity index (χ2n) is 5.23. The van der Waals surface area contributed by atoms with Gasteiger partial charge >= 0.3 is 0 Å². The van der Waals surface area contributed by atoms with Crippen molar-refractivity contribution in [1.29, 1.82) is 0 Å². The topological polar surface area (TPSA) is 26.3 Å². The summed E-state index contributed by atoms with van der Waals surface area (Å²) in [7, 11) is 0. The van der Waals surface area contributed by atoms with Crippen LogP contribution >= 0.6 is 15.9 Å². The van der Waals surface area contributed by atoms with E-state index in [-0.39, 0.29) is 5.78 Å². The maximum atomic E-state index is 12.3. The monoisotopic (exact) mass is 320 g/mol. The molecule has 19 heavy (non-hydrogen) atoms. The summed E-state index contributed by atoms with van der Waals surface area (Å²) in [4.78, 5) is 12.3. The largest absolute Gasteiger partial charge is 0.493 e. The van der Waals surface area contributed by atoms with Crippen molar-refractivity contribution in [3.05, 3.63) is 39.4 Å². The van der Waals surface area contributed by atoms with Gasteiger partial charge < -0.3 is 4.74 Å². The van der Waals surface area contributed by atoms with Gasteiger partial charge in [0.1, 0.15) is 5.75 Å². The molecule has 2 aliphatic rings. The van der Waals surface area contributed by atoms with Gasteiger partial charge in [0.2, 0.25) is 0 Å². The first-order valence-corrected chi connectivity index (χ1v) is 7.69. The Hall–Kier alpha value is -1.09. The minimum absolute atomic E-state index is 0.260. The minimum atomic E-state index is 0.260. The van der Waals surface area contributed by atoms with Crippen LogP contribution < -0.4 is 4.74 Å². The van der Waals surface area contributed by atoms with Crippen LogP contribution in [0.2, 0.25) is 0 Å². The van der Waals surface area contributed by atoms with Gasteiger partial charge in [0.05, 0.1) is 6.61 Å². The van der Waals surface area contributed by atoms with Gasteiger partial charge in [0, 0.05) is 22.9 Å². The normalized spacial score (nSPS) is 17.6. The summed E-state index contributed by atoms with van der Waals surface area (Å²) in [5, 5.41) is 0. The number of Topliss-reactive ketones (excluding diaryl/α,β-unsaturated/α-hetero) is 1. The van der Waals surface area contributed by atoms with E-state index in [4.69, 9.17) is 4.74 Å². The van der Waals surface area contributed by atoms with E-state index in [1.54, 1.807) is 0 Å². The fraction of sp³-hybridized carbons (Fsp3) is 0.438. The van der Waals surface area contributed by atoms with Crippen molar-refractivity contribution >= 4 is 21.7 Å². The number of benzene rings is 1. The van der Waals surface area contributed by atoms with E-state index in [0.717, 1.165) is 53.6 Å². The number of ether oxygens (including phenoxy) is 1. The molecule has 0 atom stereocenters. The first-order chi connectivity index (χ1) is 9.24. The fourth-order valence-corrected chi connectivity index (χ4v) is 3.41. The zero-order chi connectivity index (χ0) is 13.2. The Kier molecular flexibility index (Phi) is 3.74. The van der Waals surface area contributed by atoms with Gasteiger partial charge in [-0.2, -0.15) is 0 Å². The van der Waals surface area contributed by atoms with Crippen LogP contribution in [0.15, 0.2) is 28.3 Å². The van der Waals surface area contributed by atoms with Crippen LogP contribution in [0.5, 0.6) is 5.75 Å². The van der Waals surface area contributed by atoms with Crippen molar-refractivity contribution in [1.82, 2.24) is 0 Å². The molecule has 3 heteroatoms. The van der Waals surface area contributed by atoms with Gasteiger partial charge in [-0.1, -0.05) is 22.0 Å². The van der Waals surface area contributed by atoms with Crippen molar-refractivity contribution in [2.24, 2.45) is 0 Å². The lowest BCUT2D eigenvalue weighted by molar-refractivity contribution is -0.115. The van der Waals surface area contributed by atoms with Gasteiger partial charge in [0.15, 0.2) is 5.78 Å². The summed E-state index contributed by atoms with van der Waals surface area (Å²) >= 11 is 3.52. The van der Waals surface area contributed by atoms with Crippen molar-refractivity contribution in [3.63, 3.8) is 0 Å². The maximum Gasteiger partial charge on any atom is 0.163 e. The van der Waals surface area contributed by atoms with E-state index >= 15 is 0 Å². The number of allylic oxidation sites excluding steroid dienone is 2. The second kappa shape index (κ2) is 5.49. The van der Waals surface area contributed by atoms with Gasteiger partial charge in [-0.25, -0.2) is 0 Å². The van der Waals surface area contributed by atoms with E-state index < -0.39 is 0 Å². The van der Waals surface area contributed by atoms with Crippen LogP contribution in [0, 0.1) is 0 Å². The zero-order valence-corrected chi connectivity index (χ0v) is 12.5. The number of hydrogen-bond donors (Lipinski definition) is 0. The van der Waals surface area contributed by atoms with Crippen LogP contribution in [-0.4, -0.2) is 12.4 Å². The highest BCUT2D eigenvalue weighted by molar-refractivity contribution is 9.10. The summed E-state index contributed by atoms with van der Waals surface area (Å²) in [6.45, 7) is 0.732. The average Bonchev–Trinajstić information content (AvgIpc) is 2.88. The Morgan fingerprint density at radius 1 is 1.26 bits per heavy atom. The van der Waals surface area contributed by atoms with Crippen LogP contribution in [0.1, 0.15) is 36.8 Å². The predicted octanol–water partition coefficient (Wildman–Crippen LogP) is 4.00. The quantitative estimate of drug-likeness (QED) is 0.841. The SMILES string of the molecule is O=C(Cc1cc(Br)cc2c1OCC2)C1=CCCCC1. The molecule has 1 aromatic carbocycles.